The quantitative estimate of drug-likeness (QED) is 0.723. The number of nitrogens with one attached hydrogen (secondary N) is 2. The number of piperidine rings is 1. The third kappa shape index (κ3) is 3.67. The minimum atomic E-state index is -3.09. The molecule has 0 aliphatic carbocycles. The molecular weight excluding hydrogens is 266 g/mol. The zero-order valence-corrected chi connectivity index (χ0v) is 12.4. The monoisotopic (exact) mass is 289 g/mol. The predicted molar refractivity (Wildman–Crippen MR) is 73.1 cm³/mol. The van der Waals surface area contributed by atoms with Crippen LogP contribution in [0, 0.1) is 11.8 Å². The van der Waals surface area contributed by atoms with Crippen molar-refractivity contribution in [1.29, 1.82) is 0 Å². The van der Waals surface area contributed by atoms with Crippen LogP contribution >= 0.6 is 0 Å². The van der Waals surface area contributed by atoms with Gasteiger partial charge in [-0.25, -0.2) is 12.7 Å². The van der Waals surface area contributed by atoms with Gasteiger partial charge >= 0.3 is 0 Å². The Kier molecular flexibility index (Phi) is 4.47. The average Bonchev–Trinajstić information content (AvgIpc) is 2.26. The van der Waals surface area contributed by atoms with E-state index in [1.807, 2.05) is 6.92 Å². The second-order valence-electron chi connectivity index (χ2n) is 5.65. The first kappa shape index (κ1) is 14.7. The Morgan fingerprint density at radius 3 is 2.32 bits per heavy atom. The Morgan fingerprint density at radius 1 is 1.32 bits per heavy atom. The molecule has 2 N–H and O–H groups in total. The van der Waals surface area contributed by atoms with Crippen LogP contribution in [0.3, 0.4) is 0 Å². The molecule has 0 radical (unpaired) electrons. The molecule has 2 fully saturated rings. The van der Waals surface area contributed by atoms with Crippen molar-refractivity contribution in [2.75, 3.05) is 32.4 Å². The summed E-state index contributed by atoms with van der Waals surface area (Å²) < 4.78 is 24.3. The molecule has 0 spiro atoms. The highest BCUT2D eigenvalue weighted by Gasteiger charge is 2.31. The van der Waals surface area contributed by atoms with E-state index in [2.05, 4.69) is 10.6 Å². The number of rotatable bonds is 4. The summed E-state index contributed by atoms with van der Waals surface area (Å²) in [5.74, 6) is 0.578. The summed E-state index contributed by atoms with van der Waals surface area (Å²) in [7, 11) is -3.09. The molecule has 19 heavy (non-hydrogen) atoms. The van der Waals surface area contributed by atoms with E-state index in [-0.39, 0.29) is 17.9 Å². The molecule has 1 amide bonds. The lowest BCUT2D eigenvalue weighted by molar-refractivity contribution is -0.127. The standard InChI is InChI=1S/C12H23N3O3S/c1-9(10-7-13-8-10)12(16)14-11-3-5-15(6-4-11)19(2,17)18/h9-11,13H,3-8H2,1-2H3,(H,14,16). The third-order valence-corrected chi connectivity index (χ3v) is 5.51. The zero-order chi connectivity index (χ0) is 14.0. The van der Waals surface area contributed by atoms with Gasteiger partial charge in [-0.05, 0) is 31.8 Å². The normalized spacial score (nSPS) is 24.7. The van der Waals surface area contributed by atoms with Crippen LogP contribution in [0.4, 0.5) is 0 Å². The summed E-state index contributed by atoms with van der Waals surface area (Å²) >= 11 is 0. The van der Waals surface area contributed by atoms with E-state index in [1.165, 1.54) is 10.6 Å². The molecule has 0 aromatic rings. The van der Waals surface area contributed by atoms with Gasteiger partial charge in [0.05, 0.1) is 6.26 Å². The van der Waals surface area contributed by atoms with Gasteiger partial charge in [-0.2, -0.15) is 0 Å². The Morgan fingerprint density at radius 2 is 1.89 bits per heavy atom. The number of hydrogen-bond acceptors (Lipinski definition) is 4. The van der Waals surface area contributed by atoms with Gasteiger partial charge in [0.15, 0.2) is 0 Å². The molecule has 0 saturated carbocycles. The van der Waals surface area contributed by atoms with Gasteiger partial charge in [-0.1, -0.05) is 6.92 Å². The summed E-state index contributed by atoms with van der Waals surface area (Å²) in [6.45, 7) is 4.81. The minimum Gasteiger partial charge on any atom is -0.353 e. The molecule has 1 atom stereocenters. The van der Waals surface area contributed by atoms with Crippen molar-refractivity contribution >= 4 is 15.9 Å². The highest BCUT2D eigenvalue weighted by atomic mass is 32.2. The molecule has 1 unspecified atom stereocenters. The van der Waals surface area contributed by atoms with E-state index in [1.54, 1.807) is 0 Å². The lowest BCUT2D eigenvalue weighted by atomic mass is 9.88. The van der Waals surface area contributed by atoms with Crippen LogP contribution in [0.2, 0.25) is 0 Å². The third-order valence-electron chi connectivity index (χ3n) is 4.20. The van der Waals surface area contributed by atoms with Crippen LogP contribution in [0.15, 0.2) is 0 Å². The van der Waals surface area contributed by atoms with Crippen LogP contribution in [0.5, 0.6) is 0 Å². The van der Waals surface area contributed by atoms with Crippen LogP contribution in [-0.4, -0.2) is 57.1 Å². The number of hydrogen-bond donors (Lipinski definition) is 2. The minimum absolute atomic E-state index is 0.0363. The van der Waals surface area contributed by atoms with E-state index >= 15 is 0 Å². The number of sulfonamides is 1. The van der Waals surface area contributed by atoms with E-state index in [4.69, 9.17) is 0 Å². The lowest BCUT2D eigenvalue weighted by Crippen LogP contribution is -2.52. The van der Waals surface area contributed by atoms with Gasteiger partial charge in [0.25, 0.3) is 0 Å². The SMILES string of the molecule is CC(C(=O)NC1CCN(S(C)(=O)=O)CC1)C1CNC1. The van der Waals surface area contributed by atoms with Crippen molar-refractivity contribution in [1.82, 2.24) is 14.9 Å². The Labute approximate surface area is 115 Å². The molecule has 2 rings (SSSR count). The zero-order valence-electron chi connectivity index (χ0n) is 11.6. The Hall–Kier alpha value is -0.660. The van der Waals surface area contributed by atoms with Crippen LogP contribution in [0.25, 0.3) is 0 Å². The summed E-state index contributed by atoms with van der Waals surface area (Å²) in [5.41, 5.74) is 0. The van der Waals surface area contributed by atoms with Crippen molar-refractivity contribution in [2.24, 2.45) is 11.8 Å². The number of nitrogens with zero attached hydrogens (tertiary/aromatic N) is 1. The summed E-state index contributed by atoms with van der Waals surface area (Å²) in [6.07, 6.45) is 2.64. The fraction of sp³-hybridized carbons (Fsp3) is 0.917. The molecule has 0 bridgehead atoms. The molecular formula is C12H23N3O3S. The van der Waals surface area contributed by atoms with E-state index in [0.29, 0.717) is 31.8 Å². The first-order valence-electron chi connectivity index (χ1n) is 6.84. The second-order valence-corrected chi connectivity index (χ2v) is 7.63. The van der Waals surface area contributed by atoms with Gasteiger partial charge in [-0.3, -0.25) is 4.79 Å². The van der Waals surface area contributed by atoms with Gasteiger partial charge in [-0.15, -0.1) is 0 Å². The van der Waals surface area contributed by atoms with E-state index < -0.39 is 10.0 Å². The van der Waals surface area contributed by atoms with Crippen LogP contribution < -0.4 is 10.6 Å². The van der Waals surface area contributed by atoms with E-state index in [9.17, 15) is 13.2 Å². The first-order valence-corrected chi connectivity index (χ1v) is 8.69. The molecule has 2 saturated heterocycles. The van der Waals surface area contributed by atoms with Crippen molar-refractivity contribution in [3.63, 3.8) is 0 Å². The Bertz CT molecular complexity index is 426. The summed E-state index contributed by atoms with van der Waals surface area (Å²) in [6, 6.07) is 0.112. The molecule has 0 aromatic carbocycles. The fourth-order valence-electron chi connectivity index (χ4n) is 2.54. The van der Waals surface area contributed by atoms with Crippen molar-refractivity contribution < 1.29 is 13.2 Å². The van der Waals surface area contributed by atoms with Gasteiger partial charge in [0, 0.05) is 25.0 Å². The maximum Gasteiger partial charge on any atom is 0.223 e. The van der Waals surface area contributed by atoms with Crippen molar-refractivity contribution in [3.05, 3.63) is 0 Å². The molecule has 2 aliphatic heterocycles. The van der Waals surface area contributed by atoms with E-state index in [0.717, 1.165) is 13.1 Å². The highest BCUT2D eigenvalue weighted by Crippen LogP contribution is 2.18. The van der Waals surface area contributed by atoms with Crippen molar-refractivity contribution in [2.45, 2.75) is 25.8 Å². The molecule has 2 heterocycles. The maximum absolute atomic E-state index is 12.1. The fourth-order valence-corrected chi connectivity index (χ4v) is 3.42. The van der Waals surface area contributed by atoms with Gasteiger partial charge in [0.2, 0.25) is 15.9 Å². The van der Waals surface area contributed by atoms with Gasteiger partial charge < -0.3 is 10.6 Å². The molecule has 7 heteroatoms. The van der Waals surface area contributed by atoms with Crippen LogP contribution in [0.1, 0.15) is 19.8 Å². The topological polar surface area (TPSA) is 78.5 Å². The number of carbonyl (C=O) groups is 1. The number of amides is 1. The highest BCUT2D eigenvalue weighted by molar-refractivity contribution is 7.88. The largest absolute Gasteiger partial charge is 0.353 e. The smallest absolute Gasteiger partial charge is 0.223 e. The van der Waals surface area contributed by atoms with Crippen molar-refractivity contribution in [3.8, 4) is 0 Å². The molecule has 0 aromatic heterocycles. The second kappa shape index (κ2) is 5.76. The van der Waals surface area contributed by atoms with Crippen LogP contribution in [-0.2, 0) is 14.8 Å². The van der Waals surface area contributed by atoms with Gasteiger partial charge in [0.1, 0.15) is 0 Å². The average molecular weight is 289 g/mol. The Balaban J connectivity index is 1.77. The first-order chi connectivity index (χ1) is 8.88. The lowest BCUT2D eigenvalue weighted by Gasteiger charge is -2.34. The molecule has 6 nitrogen and oxygen atoms in total. The predicted octanol–water partition coefficient (Wildman–Crippen LogP) is -0.618. The maximum atomic E-state index is 12.1. The molecule has 110 valence electrons. The molecule has 2 aliphatic rings. The summed E-state index contributed by atoms with van der Waals surface area (Å²) in [5, 5.41) is 6.22. The summed E-state index contributed by atoms with van der Waals surface area (Å²) in [4.78, 5) is 12.1. The number of carbonyl (C=O) groups excluding carboxylic acids is 1.